The molecule has 0 bridgehead atoms. The van der Waals surface area contributed by atoms with Crippen LogP contribution in [0, 0.1) is 0 Å². The van der Waals surface area contributed by atoms with E-state index in [2.05, 4.69) is 34.4 Å². The molecule has 0 radical (unpaired) electrons. The van der Waals surface area contributed by atoms with Crippen molar-refractivity contribution in [2.45, 2.75) is 32.7 Å². The number of aromatic nitrogens is 2. The van der Waals surface area contributed by atoms with Crippen molar-refractivity contribution in [1.29, 1.82) is 0 Å². The number of carbonyl (C=O) groups is 1. The number of carbonyl (C=O) groups excluding carboxylic acids is 1. The van der Waals surface area contributed by atoms with Crippen molar-refractivity contribution in [3.8, 4) is 0 Å². The fourth-order valence-corrected chi connectivity index (χ4v) is 3.42. The third kappa shape index (κ3) is 5.85. The summed E-state index contributed by atoms with van der Waals surface area (Å²) in [5.41, 5.74) is 4.09. The molecule has 2 heterocycles. The van der Waals surface area contributed by atoms with Gasteiger partial charge in [0.25, 0.3) is 0 Å². The topological polar surface area (TPSA) is 56.6 Å². The highest BCUT2D eigenvalue weighted by Gasteiger charge is 2.11. The molecule has 2 aromatic carbocycles. The van der Waals surface area contributed by atoms with Gasteiger partial charge in [-0.1, -0.05) is 60.7 Å². The van der Waals surface area contributed by atoms with Gasteiger partial charge in [-0.25, -0.2) is 9.78 Å². The highest BCUT2D eigenvalue weighted by atomic mass is 16.7. The SMILES string of the molecule is O=C(OCc1ccccc1CN1C=CCC=C1)OCc1ccccc1Cn1ccnc1. The van der Waals surface area contributed by atoms with Crippen molar-refractivity contribution in [1.82, 2.24) is 14.5 Å². The van der Waals surface area contributed by atoms with Gasteiger partial charge in [-0.05, 0) is 28.7 Å². The molecule has 4 rings (SSSR count). The molecule has 0 saturated carbocycles. The Balaban J connectivity index is 1.31. The highest BCUT2D eigenvalue weighted by Crippen LogP contribution is 2.16. The molecular formula is C25H25N3O3. The van der Waals surface area contributed by atoms with E-state index in [1.807, 2.05) is 59.3 Å². The molecule has 1 aliphatic rings. The normalized spacial score (nSPS) is 12.7. The van der Waals surface area contributed by atoms with E-state index in [0.29, 0.717) is 6.54 Å². The summed E-state index contributed by atoms with van der Waals surface area (Å²) in [6.45, 7) is 1.73. The average molecular weight is 415 g/mol. The number of nitrogens with zero attached hydrogens (tertiary/aromatic N) is 3. The van der Waals surface area contributed by atoms with Gasteiger partial charge in [-0.15, -0.1) is 0 Å². The summed E-state index contributed by atoms with van der Waals surface area (Å²) in [5, 5.41) is 0. The first-order valence-electron chi connectivity index (χ1n) is 10.3. The van der Waals surface area contributed by atoms with Gasteiger partial charge in [0.05, 0.1) is 6.33 Å². The van der Waals surface area contributed by atoms with Gasteiger partial charge in [0, 0.05) is 37.9 Å². The predicted octanol–water partition coefficient (Wildman–Crippen LogP) is 5.02. The van der Waals surface area contributed by atoms with Gasteiger partial charge in [0.15, 0.2) is 0 Å². The Labute approximate surface area is 182 Å². The van der Waals surface area contributed by atoms with E-state index < -0.39 is 6.16 Å². The van der Waals surface area contributed by atoms with Crippen LogP contribution >= 0.6 is 0 Å². The smallest absolute Gasteiger partial charge is 0.429 e. The predicted molar refractivity (Wildman–Crippen MR) is 118 cm³/mol. The van der Waals surface area contributed by atoms with Crippen LogP contribution in [0.1, 0.15) is 28.7 Å². The van der Waals surface area contributed by atoms with E-state index in [-0.39, 0.29) is 13.2 Å². The molecular weight excluding hydrogens is 390 g/mol. The van der Waals surface area contributed by atoms with Gasteiger partial charge in [0.2, 0.25) is 0 Å². The summed E-state index contributed by atoms with van der Waals surface area (Å²) >= 11 is 0. The fourth-order valence-electron chi connectivity index (χ4n) is 3.42. The van der Waals surface area contributed by atoms with Crippen LogP contribution in [0.5, 0.6) is 0 Å². The first-order valence-corrected chi connectivity index (χ1v) is 10.3. The molecule has 0 saturated heterocycles. The summed E-state index contributed by atoms with van der Waals surface area (Å²) in [6.07, 6.45) is 14.0. The maximum absolute atomic E-state index is 12.2. The lowest BCUT2D eigenvalue weighted by Gasteiger charge is -2.20. The number of rotatable bonds is 8. The Bertz CT molecular complexity index is 1050. The summed E-state index contributed by atoms with van der Waals surface area (Å²) in [5.74, 6) is 0. The Morgan fingerprint density at radius 2 is 1.42 bits per heavy atom. The van der Waals surface area contributed by atoms with E-state index in [1.54, 1.807) is 12.5 Å². The molecule has 158 valence electrons. The Morgan fingerprint density at radius 3 is 2.00 bits per heavy atom. The molecule has 6 heteroatoms. The number of hydrogen-bond acceptors (Lipinski definition) is 5. The number of imidazole rings is 1. The lowest BCUT2D eigenvalue weighted by atomic mass is 10.1. The van der Waals surface area contributed by atoms with E-state index in [1.165, 1.54) is 0 Å². The van der Waals surface area contributed by atoms with Crippen LogP contribution in [0.3, 0.4) is 0 Å². The third-order valence-electron chi connectivity index (χ3n) is 5.06. The Morgan fingerprint density at radius 1 is 0.839 bits per heavy atom. The van der Waals surface area contributed by atoms with Crippen LogP contribution < -0.4 is 0 Å². The van der Waals surface area contributed by atoms with E-state index >= 15 is 0 Å². The maximum Gasteiger partial charge on any atom is 0.508 e. The fraction of sp³-hybridized carbons (Fsp3) is 0.200. The maximum atomic E-state index is 12.2. The molecule has 1 aromatic heterocycles. The summed E-state index contributed by atoms with van der Waals surface area (Å²) in [7, 11) is 0. The Kier molecular flexibility index (Phi) is 6.80. The minimum absolute atomic E-state index is 0.161. The highest BCUT2D eigenvalue weighted by molar-refractivity contribution is 5.60. The minimum Gasteiger partial charge on any atom is -0.429 e. The summed E-state index contributed by atoms with van der Waals surface area (Å²) in [4.78, 5) is 18.4. The molecule has 6 nitrogen and oxygen atoms in total. The molecule has 0 N–H and O–H groups in total. The van der Waals surface area contributed by atoms with Crippen LogP contribution in [0.4, 0.5) is 4.79 Å². The number of allylic oxidation sites excluding steroid dienone is 2. The van der Waals surface area contributed by atoms with Crippen LogP contribution in [-0.2, 0) is 35.8 Å². The first-order chi connectivity index (χ1) is 15.3. The molecule has 3 aromatic rings. The summed E-state index contributed by atoms with van der Waals surface area (Å²) < 4.78 is 12.7. The standard InChI is InChI=1S/C25H25N3O3/c29-25(31-19-24-11-5-3-9-22(24)17-28-15-12-26-20-28)30-18-23-10-4-2-8-21(23)16-27-13-6-1-7-14-27/h2-15,20H,1,16-19H2. The van der Waals surface area contributed by atoms with E-state index in [4.69, 9.17) is 9.47 Å². The zero-order valence-corrected chi connectivity index (χ0v) is 17.3. The van der Waals surface area contributed by atoms with Crippen LogP contribution in [0.25, 0.3) is 0 Å². The van der Waals surface area contributed by atoms with E-state index in [0.717, 1.165) is 35.2 Å². The molecule has 0 fully saturated rings. The molecule has 0 aliphatic carbocycles. The number of ether oxygens (including phenoxy) is 2. The molecule has 0 amide bonds. The quantitative estimate of drug-likeness (QED) is 0.484. The molecule has 0 spiro atoms. The van der Waals surface area contributed by atoms with Crippen LogP contribution in [-0.4, -0.2) is 20.6 Å². The zero-order valence-electron chi connectivity index (χ0n) is 17.3. The van der Waals surface area contributed by atoms with Gasteiger partial charge in [-0.2, -0.15) is 0 Å². The molecule has 0 unspecified atom stereocenters. The van der Waals surface area contributed by atoms with Crippen molar-refractivity contribution < 1.29 is 14.3 Å². The van der Waals surface area contributed by atoms with Crippen molar-refractivity contribution in [2.24, 2.45) is 0 Å². The molecule has 0 atom stereocenters. The number of benzene rings is 2. The van der Waals surface area contributed by atoms with Crippen molar-refractivity contribution in [3.05, 3.63) is 114 Å². The first kappa shape index (κ1) is 20.5. The summed E-state index contributed by atoms with van der Waals surface area (Å²) in [6, 6.07) is 15.8. The second kappa shape index (κ2) is 10.3. The number of hydrogen-bond donors (Lipinski definition) is 0. The second-order valence-corrected chi connectivity index (χ2v) is 7.28. The van der Waals surface area contributed by atoms with Gasteiger partial charge < -0.3 is 18.9 Å². The minimum atomic E-state index is -0.676. The van der Waals surface area contributed by atoms with Gasteiger partial charge in [-0.3, -0.25) is 0 Å². The zero-order chi connectivity index (χ0) is 21.3. The van der Waals surface area contributed by atoms with Crippen LogP contribution in [0.15, 0.2) is 91.8 Å². The monoisotopic (exact) mass is 415 g/mol. The molecule has 31 heavy (non-hydrogen) atoms. The van der Waals surface area contributed by atoms with Crippen LogP contribution in [0.2, 0.25) is 0 Å². The lowest BCUT2D eigenvalue weighted by Crippen LogP contribution is -2.14. The van der Waals surface area contributed by atoms with Crippen molar-refractivity contribution in [3.63, 3.8) is 0 Å². The Hall–Kier alpha value is -3.80. The lowest BCUT2D eigenvalue weighted by molar-refractivity contribution is 0.0442. The van der Waals surface area contributed by atoms with Gasteiger partial charge in [0.1, 0.15) is 13.2 Å². The van der Waals surface area contributed by atoms with Crippen molar-refractivity contribution in [2.75, 3.05) is 0 Å². The third-order valence-corrected chi connectivity index (χ3v) is 5.06. The average Bonchev–Trinajstić information content (AvgIpc) is 3.32. The second-order valence-electron chi connectivity index (χ2n) is 7.28. The van der Waals surface area contributed by atoms with E-state index in [9.17, 15) is 4.79 Å². The molecule has 1 aliphatic heterocycles. The van der Waals surface area contributed by atoms with Crippen molar-refractivity contribution >= 4 is 6.16 Å². The van der Waals surface area contributed by atoms with Gasteiger partial charge >= 0.3 is 6.16 Å². The largest absolute Gasteiger partial charge is 0.508 e.